The van der Waals surface area contributed by atoms with Crippen molar-refractivity contribution in [1.82, 2.24) is 10.9 Å². The molecule has 4 nitrogen and oxygen atoms in total. The Hall–Kier alpha value is -1.36. The van der Waals surface area contributed by atoms with Crippen LogP contribution in [0, 0.1) is 23.2 Å². The van der Waals surface area contributed by atoms with Gasteiger partial charge in [-0.3, -0.25) is 20.4 Å². The second-order valence-electron chi connectivity index (χ2n) is 7.61. The molecule has 0 saturated heterocycles. The molecule has 0 spiro atoms. The average molecular weight is 377 g/mol. The SMILES string of the molecule is O=C(NNC(=O)C12CC3CC(CC(C3)C1)C2)c1ccc(Br)cc1. The first-order valence-electron chi connectivity index (χ1n) is 8.40. The quantitative estimate of drug-likeness (QED) is 0.776. The largest absolute Gasteiger partial charge is 0.273 e. The molecular formula is C18H21BrN2O2. The Bertz CT molecular complexity index is 606. The monoisotopic (exact) mass is 376 g/mol. The van der Waals surface area contributed by atoms with Gasteiger partial charge in [0.25, 0.3) is 5.91 Å². The Labute approximate surface area is 144 Å². The van der Waals surface area contributed by atoms with Gasteiger partial charge in [0.15, 0.2) is 0 Å². The summed E-state index contributed by atoms with van der Waals surface area (Å²) >= 11 is 3.35. The second kappa shape index (κ2) is 5.62. The number of hydrogen-bond donors (Lipinski definition) is 2. The van der Waals surface area contributed by atoms with Crippen molar-refractivity contribution >= 4 is 27.7 Å². The number of rotatable bonds is 2. The fraction of sp³-hybridized carbons (Fsp3) is 0.556. The average Bonchev–Trinajstić information content (AvgIpc) is 2.51. The van der Waals surface area contributed by atoms with Crippen LogP contribution in [0.1, 0.15) is 48.9 Å². The van der Waals surface area contributed by atoms with Crippen molar-refractivity contribution in [3.05, 3.63) is 34.3 Å². The van der Waals surface area contributed by atoms with Crippen LogP contribution in [0.3, 0.4) is 0 Å². The summed E-state index contributed by atoms with van der Waals surface area (Å²) in [5.74, 6) is 1.90. The minimum absolute atomic E-state index is 0.0158. The van der Waals surface area contributed by atoms with Crippen LogP contribution in [0.4, 0.5) is 0 Å². The number of benzene rings is 1. The zero-order valence-corrected chi connectivity index (χ0v) is 14.6. The molecular weight excluding hydrogens is 356 g/mol. The van der Waals surface area contributed by atoms with Gasteiger partial charge in [-0.1, -0.05) is 15.9 Å². The molecule has 122 valence electrons. The standard InChI is InChI=1S/C18H21BrN2O2/c19-15-3-1-14(2-4-15)16(22)20-21-17(23)18-8-11-5-12(9-18)7-13(6-11)10-18/h1-4,11-13H,5-10H2,(H,20,22)(H,21,23). The third-order valence-corrected chi connectivity index (χ3v) is 6.44. The maximum absolute atomic E-state index is 12.8. The molecule has 0 aromatic heterocycles. The molecule has 5 heteroatoms. The fourth-order valence-corrected chi connectivity index (χ4v) is 5.57. The van der Waals surface area contributed by atoms with Gasteiger partial charge in [0, 0.05) is 10.0 Å². The lowest BCUT2D eigenvalue weighted by atomic mass is 9.49. The smallest absolute Gasteiger partial charge is 0.269 e. The molecule has 2 N–H and O–H groups in total. The first-order valence-corrected chi connectivity index (χ1v) is 9.20. The van der Waals surface area contributed by atoms with E-state index in [1.165, 1.54) is 19.3 Å². The van der Waals surface area contributed by atoms with E-state index in [0.29, 0.717) is 23.3 Å². The van der Waals surface area contributed by atoms with Gasteiger partial charge in [-0.05, 0) is 80.5 Å². The highest BCUT2D eigenvalue weighted by molar-refractivity contribution is 9.10. The summed E-state index contributed by atoms with van der Waals surface area (Å²) in [7, 11) is 0. The van der Waals surface area contributed by atoms with E-state index in [0.717, 1.165) is 23.7 Å². The maximum atomic E-state index is 12.8. The van der Waals surface area contributed by atoms with Gasteiger partial charge in [-0.25, -0.2) is 0 Å². The molecule has 4 fully saturated rings. The number of hydrazine groups is 1. The van der Waals surface area contributed by atoms with Crippen LogP contribution in [0.5, 0.6) is 0 Å². The number of carbonyl (C=O) groups excluding carboxylic acids is 2. The van der Waals surface area contributed by atoms with Crippen molar-refractivity contribution in [2.75, 3.05) is 0 Å². The fourth-order valence-electron chi connectivity index (χ4n) is 5.31. The number of amides is 2. The van der Waals surface area contributed by atoms with Crippen molar-refractivity contribution in [3.8, 4) is 0 Å². The topological polar surface area (TPSA) is 58.2 Å². The Morgan fingerprint density at radius 3 is 1.96 bits per heavy atom. The molecule has 1 aromatic rings. The Kier molecular flexibility index (Phi) is 3.71. The van der Waals surface area contributed by atoms with Crippen molar-refractivity contribution < 1.29 is 9.59 Å². The molecule has 4 saturated carbocycles. The first kappa shape index (κ1) is 15.2. The number of hydrogen-bond acceptors (Lipinski definition) is 2. The predicted octanol–water partition coefficient (Wildman–Crippen LogP) is 3.43. The summed E-state index contributed by atoms with van der Waals surface area (Å²) < 4.78 is 0.923. The van der Waals surface area contributed by atoms with Gasteiger partial charge in [0.05, 0.1) is 5.41 Å². The summed E-state index contributed by atoms with van der Waals surface area (Å²) in [6.07, 6.45) is 6.91. The van der Waals surface area contributed by atoms with Crippen molar-refractivity contribution in [3.63, 3.8) is 0 Å². The maximum Gasteiger partial charge on any atom is 0.269 e. The molecule has 2 amide bonds. The Morgan fingerprint density at radius 2 is 1.43 bits per heavy atom. The molecule has 4 bridgehead atoms. The van der Waals surface area contributed by atoms with Crippen molar-refractivity contribution in [2.45, 2.75) is 38.5 Å². The van der Waals surface area contributed by atoms with E-state index in [2.05, 4.69) is 26.8 Å². The first-order chi connectivity index (χ1) is 11.0. The molecule has 4 aliphatic carbocycles. The van der Waals surface area contributed by atoms with Crippen LogP contribution < -0.4 is 10.9 Å². The van der Waals surface area contributed by atoms with E-state index in [4.69, 9.17) is 0 Å². The highest BCUT2D eigenvalue weighted by Crippen LogP contribution is 2.59. The third kappa shape index (κ3) is 2.80. The zero-order valence-electron chi connectivity index (χ0n) is 13.0. The number of nitrogens with one attached hydrogen (secondary N) is 2. The highest BCUT2D eigenvalue weighted by Gasteiger charge is 2.54. The van der Waals surface area contributed by atoms with E-state index < -0.39 is 0 Å². The number of carbonyl (C=O) groups is 2. The number of halogens is 1. The van der Waals surface area contributed by atoms with Crippen LogP contribution in [-0.2, 0) is 4.79 Å². The second-order valence-corrected chi connectivity index (χ2v) is 8.53. The lowest BCUT2D eigenvalue weighted by Crippen LogP contribution is -2.56. The molecule has 0 unspecified atom stereocenters. The van der Waals surface area contributed by atoms with E-state index in [9.17, 15) is 9.59 Å². The Morgan fingerprint density at radius 1 is 0.913 bits per heavy atom. The van der Waals surface area contributed by atoms with Gasteiger partial charge in [0.2, 0.25) is 5.91 Å². The zero-order chi connectivity index (χ0) is 16.0. The molecule has 23 heavy (non-hydrogen) atoms. The Balaban J connectivity index is 1.40. The van der Waals surface area contributed by atoms with Gasteiger partial charge >= 0.3 is 0 Å². The molecule has 0 aliphatic heterocycles. The van der Waals surface area contributed by atoms with Crippen LogP contribution in [0.15, 0.2) is 28.7 Å². The summed E-state index contributed by atoms with van der Waals surface area (Å²) in [5.41, 5.74) is 5.60. The van der Waals surface area contributed by atoms with Crippen LogP contribution in [0.2, 0.25) is 0 Å². The minimum Gasteiger partial charge on any atom is -0.273 e. The molecule has 5 rings (SSSR count). The van der Waals surface area contributed by atoms with Crippen LogP contribution in [0.25, 0.3) is 0 Å². The van der Waals surface area contributed by atoms with Crippen molar-refractivity contribution in [1.29, 1.82) is 0 Å². The molecule has 0 atom stereocenters. The van der Waals surface area contributed by atoms with Crippen LogP contribution >= 0.6 is 15.9 Å². The minimum atomic E-state index is -0.268. The summed E-state index contributed by atoms with van der Waals surface area (Å²) in [4.78, 5) is 24.9. The normalized spacial score (nSPS) is 34.2. The summed E-state index contributed by atoms with van der Waals surface area (Å²) in [6, 6.07) is 7.10. The molecule has 0 radical (unpaired) electrons. The van der Waals surface area contributed by atoms with Gasteiger partial charge in [0.1, 0.15) is 0 Å². The third-order valence-electron chi connectivity index (χ3n) is 5.92. The van der Waals surface area contributed by atoms with Crippen LogP contribution in [-0.4, -0.2) is 11.8 Å². The predicted molar refractivity (Wildman–Crippen MR) is 90.4 cm³/mol. The van der Waals surface area contributed by atoms with E-state index >= 15 is 0 Å². The van der Waals surface area contributed by atoms with E-state index in [1.807, 2.05) is 12.1 Å². The summed E-state index contributed by atoms with van der Waals surface area (Å²) in [5, 5.41) is 0. The molecule has 4 aliphatic rings. The van der Waals surface area contributed by atoms with E-state index in [1.54, 1.807) is 12.1 Å². The van der Waals surface area contributed by atoms with Gasteiger partial charge < -0.3 is 0 Å². The molecule has 0 heterocycles. The summed E-state index contributed by atoms with van der Waals surface area (Å²) in [6.45, 7) is 0. The lowest BCUT2D eigenvalue weighted by molar-refractivity contribution is -0.147. The highest BCUT2D eigenvalue weighted by atomic mass is 79.9. The van der Waals surface area contributed by atoms with Gasteiger partial charge in [-0.15, -0.1) is 0 Å². The van der Waals surface area contributed by atoms with Gasteiger partial charge in [-0.2, -0.15) is 0 Å². The lowest BCUT2D eigenvalue weighted by Gasteiger charge is -2.55. The van der Waals surface area contributed by atoms with E-state index in [-0.39, 0.29) is 17.2 Å². The molecule has 1 aromatic carbocycles. The van der Waals surface area contributed by atoms with Crippen molar-refractivity contribution in [2.24, 2.45) is 23.2 Å².